The highest BCUT2D eigenvalue weighted by Crippen LogP contribution is 2.32. The van der Waals surface area contributed by atoms with Gasteiger partial charge in [0.05, 0.1) is 16.8 Å². The number of piperidine rings is 1. The minimum absolute atomic E-state index is 0.0534. The second kappa shape index (κ2) is 16.0. The average Bonchev–Trinajstić information content (AvgIpc) is 3.50. The van der Waals surface area contributed by atoms with E-state index >= 15 is 0 Å². The van der Waals surface area contributed by atoms with Gasteiger partial charge in [0.25, 0.3) is 0 Å². The largest absolute Gasteiger partial charge is 0.386 e. The van der Waals surface area contributed by atoms with Crippen LogP contribution in [0, 0.1) is 18.6 Å². The summed E-state index contributed by atoms with van der Waals surface area (Å²) in [6.07, 6.45) is 7.57. The first-order valence-electron chi connectivity index (χ1n) is 14.1. The number of likely N-dealkylation sites (tertiary alicyclic amines) is 1. The third-order valence-corrected chi connectivity index (χ3v) is 7.90. The summed E-state index contributed by atoms with van der Waals surface area (Å²) < 4.78 is 28.9. The number of aryl methyl sites for hydroxylation is 2. The number of nitrogens with zero attached hydrogens (tertiary/aromatic N) is 3. The van der Waals surface area contributed by atoms with Crippen molar-refractivity contribution in [3.63, 3.8) is 0 Å². The van der Waals surface area contributed by atoms with Gasteiger partial charge in [0.1, 0.15) is 19.4 Å². The maximum Gasteiger partial charge on any atom is 0.223 e. The summed E-state index contributed by atoms with van der Waals surface area (Å²) in [6, 6.07) is 12.4. The number of aromatic nitrogens is 2. The van der Waals surface area contributed by atoms with Crippen molar-refractivity contribution in [2.24, 2.45) is 0 Å². The Kier molecular flexibility index (Phi) is 12.5. The van der Waals surface area contributed by atoms with Gasteiger partial charge in [-0.05, 0) is 118 Å². The van der Waals surface area contributed by atoms with Gasteiger partial charge in [-0.3, -0.25) is 0 Å². The van der Waals surface area contributed by atoms with Gasteiger partial charge in [-0.25, -0.2) is 18.7 Å². The Morgan fingerprint density at radius 3 is 2.42 bits per heavy atom. The van der Waals surface area contributed by atoms with Crippen LogP contribution >= 0.6 is 11.6 Å². The number of hydrogen-bond acceptors (Lipinski definition) is 7. The third kappa shape index (κ3) is 8.33. The van der Waals surface area contributed by atoms with Crippen LogP contribution < -0.4 is 10.6 Å². The number of nitrogens with one attached hydrogen (secondary N) is 2. The molecule has 4 aromatic rings. The lowest BCUT2D eigenvalue weighted by atomic mass is 10.0. The molecule has 0 saturated carbocycles. The van der Waals surface area contributed by atoms with E-state index in [2.05, 4.69) is 51.6 Å². The van der Waals surface area contributed by atoms with Crippen molar-refractivity contribution >= 4 is 47.7 Å². The Morgan fingerprint density at radius 2 is 1.72 bits per heavy atom. The van der Waals surface area contributed by atoms with E-state index in [0.29, 0.717) is 17.6 Å². The fourth-order valence-electron chi connectivity index (χ4n) is 5.48. The molecule has 7 nitrogen and oxygen atoms in total. The summed E-state index contributed by atoms with van der Waals surface area (Å²) in [6.45, 7) is 8.25. The molecule has 2 aliphatic rings. The number of carbonyl (C=O) groups excluding carboxylic acids is 2. The summed E-state index contributed by atoms with van der Waals surface area (Å²) in [4.78, 5) is 27.3. The summed E-state index contributed by atoms with van der Waals surface area (Å²) >= 11 is 5.93. The highest BCUT2D eigenvalue weighted by atomic mass is 35.5. The van der Waals surface area contributed by atoms with Crippen molar-refractivity contribution in [2.45, 2.75) is 45.1 Å². The highest BCUT2D eigenvalue weighted by molar-refractivity contribution is 6.30. The third-order valence-electron chi connectivity index (χ3n) is 7.68. The summed E-state index contributed by atoms with van der Waals surface area (Å²) in [7, 11) is 3.73. The lowest BCUT2D eigenvalue weighted by Crippen LogP contribution is -2.37. The fraction of sp³-hybridized carbons (Fsp3) is 0.333. The van der Waals surface area contributed by atoms with Gasteiger partial charge in [-0.15, -0.1) is 0 Å². The molecule has 0 amide bonds. The molecule has 0 bridgehead atoms. The molecule has 10 heteroatoms. The van der Waals surface area contributed by atoms with Crippen molar-refractivity contribution in [3.8, 4) is 11.1 Å². The highest BCUT2D eigenvalue weighted by Gasteiger charge is 2.18. The first-order valence-corrected chi connectivity index (χ1v) is 14.4. The van der Waals surface area contributed by atoms with Crippen LogP contribution in [0.4, 0.5) is 20.4 Å². The molecule has 2 N–H and O–H groups in total. The molecule has 6 rings (SSSR count). The van der Waals surface area contributed by atoms with Gasteiger partial charge >= 0.3 is 0 Å². The predicted octanol–water partition coefficient (Wildman–Crippen LogP) is 6.89. The van der Waals surface area contributed by atoms with E-state index < -0.39 is 11.6 Å². The quantitative estimate of drug-likeness (QED) is 0.260. The van der Waals surface area contributed by atoms with Crippen molar-refractivity contribution in [2.75, 3.05) is 37.8 Å². The van der Waals surface area contributed by atoms with Crippen molar-refractivity contribution < 1.29 is 18.4 Å². The van der Waals surface area contributed by atoms with E-state index in [0.717, 1.165) is 41.9 Å². The Morgan fingerprint density at radius 1 is 1.00 bits per heavy atom. The van der Waals surface area contributed by atoms with E-state index in [1.54, 1.807) is 31.4 Å². The SMILES string of the molecule is C=O.C=O.CNc1ccc(F)c(-c2ccc3nc(NC4CCN(C)CC4)ncc3c2)c1F.Cc1cc(Cl)cc2c1CCC2. The van der Waals surface area contributed by atoms with Crippen molar-refractivity contribution in [3.05, 3.63) is 82.0 Å². The number of hydrogen-bond donors (Lipinski definition) is 2. The van der Waals surface area contributed by atoms with E-state index in [-0.39, 0.29) is 11.3 Å². The molecule has 0 radical (unpaired) electrons. The number of anilines is 2. The molecule has 2 heterocycles. The summed E-state index contributed by atoms with van der Waals surface area (Å²) in [5.41, 5.74) is 5.76. The lowest BCUT2D eigenvalue weighted by molar-refractivity contribution is -0.0987. The Labute approximate surface area is 256 Å². The summed E-state index contributed by atoms with van der Waals surface area (Å²) in [5.74, 6) is -0.620. The number of benzene rings is 3. The molecule has 228 valence electrons. The zero-order valence-corrected chi connectivity index (χ0v) is 25.6. The lowest BCUT2D eigenvalue weighted by Gasteiger charge is -2.29. The van der Waals surface area contributed by atoms with Gasteiger partial charge in [0.2, 0.25) is 5.95 Å². The molecule has 0 spiro atoms. The number of fused-ring (bicyclic) bond motifs is 2. The molecular formula is C33H38ClF2N5O2. The maximum absolute atomic E-state index is 14.6. The van der Waals surface area contributed by atoms with Crippen LogP contribution in [-0.4, -0.2) is 61.7 Å². The molecule has 0 unspecified atom stereocenters. The molecule has 1 fully saturated rings. The minimum Gasteiger partial charge on any atom is -0.386 e. The van der Waals surface area contributed by atoms with Crippen LogP contribution in [0.15, 0.2) is 48.7 Å². The smallest absolute Gasteiger partial charge is 0.223 e. The maximum atomic E-state index is 14.6. The Hall–Kier alpha value is -3.95. The zero-order valence-electron chi connectivity index (χ0n) is 24.9. The second-order valence-electron chi connectivity index (χ2n) is 10.4. The topological polar surface area (TPSA) is 87.2 Å². The summed E-state index contributed by atoms with van der Waals surface area (Å²) in [5, 5.41) is 7.77. The number of carbonyl (C=O) groups is 2. The molecule has 1 aliphatic heterocycles. The molecule has 1 saturated heterocycles. The van der Waals surface area contributed by atoms with Gasteiger partial charge in [0.15, 0.2) is 5.82 Å². The van der Waals surface area contributed by atoms with Gasteiger partial charge in [0, 0.05) is 29.7 Å². The molecule has 1 aliphatic carbocycles. The fourth-order valence-corrected chi connectivity index (χ4v) is 5.78. The van der Waals surface area contributed by atoms with Crippen LogP contribution in [0.5, 0.6) is 0 Å². The number of halogens is 3. The normalized spacial score (nSPS) is 14.3. The first kappa shape index (κ1) is 33.6. The Balaban J connectivity index is 0.000000280. The molecule has 3 aromatic carbocycles. The van der Waals surface area contributed by atoms with Crippen LogP contribution in [0.2, 0.25) is 5.02 Å². The van der Waals surface area contributed by atoms with Crippen LogP contribution in [0.3, 0.4) is 0 Å². The zero-order chi connectivity index (χ0) is 31.5. The van der Waals surface area contributed by atoms with Crippen LogP contribution in [0.25, 0.3) is 22.0 Å². The van der Waals surface area contributed by atoms with Crippen LogP contribution in [0.1, 0.15) is 36.0 Å². The molecule has 1 aromatic heterocycles. The predicted molar refractivity (Wildman–Crippen MR) is 171 cm³/mol. The van der Waals surface area contributed by atoms with E-state index in [1.807, 2.05) is 13.6 Å². The van der Waals surface area contributed by atoms with Crippen molar-refractivity contribution in [1.29, 1.82) is 0 Å². The standard InChI is InChI=1S/C21H23F2N5.C10H11Cl.2CH2O/c1-24-18-6-4-16(22)19(20(18)23)13-3-5-17-14(11-13)12-25-21(27-17)26-15-7-9-28(2)10-8-15;1-7-5-9(11)6-8-3-2-4-10(7)8;2*1-2/h3-6,11-12,15,24H,7-10H2,1-2H3,(H,25,26,27);5-6H,2-4H2,1H3;2*1H2. The molecule has 0 atom stereocenters. The Bertz CT molecular complexity index is 1530. The van der Waals surface area contributed by atoms with E-state index in [9.17, 15) is 8.78 Å². The average molecular weight is 610 g/mol. The first-order chi connectivity index (χ1) is 20.8. The second-order valence-corrected chi connectivity index (χ2v) is 10.9. The van der Waals surface area contributed by atoms with Gasteiger partial charge in [-0.1, -0.05) is 17.7 Å². The van der Waals surface area contributed by atoms with Crippen LogP contribution in [-0.2, 0) is 22.4 Å². The van der Waals surface area contributed by atoms with Gasteiger partial charge in [-0.2, -0.15) is 0 Å². The van der Waals surface area contributed by atoms with E-state index in [1.165, 1.54) is 48.1 Å². The number of rotatable bonds is 4. The molecule has 43 heavy (non-hydrogen) atoms. The minimum atomic E-state index is -0.608. The van der Waals surface area contributed by atoms with Crippen molar-refractivity contribution in [1.82, 2.24) is 14.9 Å². The van der Waals surface area contributed by atoms with Gasteiger partial charge < -0.3 is 25.1 Å². The van der Waals surface area contributed by atoms with E-state index in [4.69, 9.17) is 21.2 Å². The molecular weight excluding hydrogens is 572 g/mol. The monoisotopic (exact) mass is 609 g/mol.